The Labute approximate surface area is 151 Å². The van der Waals surface area contributed by atoms with Gasteiger partial charge in [-0.2, -0.15) is 0 Å². The van der Waals surface area contributed by atoms with Gasteiger partial charge in [0.2, 0.25) is 11.8 Å². The first-order valence-electron chi connectivity index (χ1n) is 8.98. The van der Waals surface area contributed by atoms with Crippen LogP contribution in [0.1, 0.15) is 31.4 Å². The fourth-order valence-electron chi connectivity index (χ4n) is 4.79. The molecule has 0 aliphatic carbocycles. The second kappa shape index (κ2) is 5.89. The van der Waals surface area contributed by atoms with Crippen molar-refractivity contribution in [2.24, 2.45) is 11.1 Å². The highest BCUT2D eigenvalue weighted by atomic mass is 16.5. The Hall–Kier alpha value is -2.25. The van der Waals surface area contributed by atoms with Gasteiger partial charge < -0.3 is 15.4 Å². The first-order chi connectivity index (χ1) is 12.4. The number of benzene rings is 1. The molecule has 4 rings (SSSR count). The number of morpholine rings is 1. The number of nitrogens with one attached hydrogen (secondary N) is 1. The summed E-state index contributed by atoms with van der Waals surface area (Å²) >= 11 is 0. The van der Waals surface area contributed by atoms with E-state index < -0.39 is 23.3 Å². The molecule has 3 aliphatic rings. The van der Waals surface area contributed by atoms with Gasteiger partial charge in [0, 0.05) is 18.8 Å². The Bertz CT molecular complexity index is 786. The van der Waals surface area contributed by atoms with Crippen molar-refractivity contribution in [3.05, 3.63) is 29.3 Å². The van der Waals surface area contributed by atoms with Crippen LogP contribution in [0.3, 0.4) is 0 Å². The highest BCUT2D eigenvalue weighted by Gasteiger charge is 2.62. The highest BCUT2D eigenvalue weighted by Crippen LogP contribution is 2.47. The third-order valence-corrected chi connectivity index (χ3v) is 5.83. The van der Waals surface area contributed by atoms with Crippen LogP contribution in [0, 0.1) is 5.41 Å². The molecule has 138 valence electrons. The minimum atomic E-state index is -1.30. The lowest BCUT2D eigenvalue weighted by Crippen LogP contribution is -2.72. The molecule has 3 aliphatic heterocycles. The molecule has 7 nitrogen and oxygen atoms in total. The number of piperidine rings is 1. The Morgan fingerprint density at radius 1 is 1.31 bits per heavy atom. The van der Waals surface area contributed by atoms with Crippen LogP contribution >= 0.6 is 0 Å². The maximum absolute atomic E-state index is 13.0. The average molecular weight is 357 g/mol. The van der Waals surface area contributed by atoms with E-state index >= 15 is 0 Å². The van der Waals surface area contributed by atoms with Crippen molar-refractivity contribution in [3.8, 4) is 0 Å². The van der Waals surface area contributed by atoms with Crippen molar-refractivity contribution < 1.29 is 19.1 Å². The van der Waals surface area contributed by atoms with Crippen LogP contribution in [0.2, 0.25) is 0 Å². The van der Waals surface area contributed by atoms with Gasteiger partial charge in [0.15, 0.2) is 5.78 Å². The highest BCUT2D eigenvalue weighted by molar-refractivity contribution is 6.22. The number of ketones is 1. The van der Waals surface area contributed by atoms with E-state index in [0.717, 1.165) is 16.8 Å². The lowest BCUT2D eigenvalue weighted by molar-refractivity contribution is -0.158. The minimum absolute atomic E-state index is 0.0332. The van der Waals surface area contributed by atoms with Crippen molar-refractivity contribution in [2.75, 3.05) is 11.4 Å². The minimum Gasteiger partial charge on any atom is -0.372 e. The van der Waals surface area contributed by atoms with Gasteiger partial charge >= 0.3 is 0 Å². The molecule has 0 saturated carbocycles. The predicted molar refractivity (Wildman–Crippen MR) is 94.4 cm³/mol. The van der Waals surface area contributed by atoms with E-state index in [9.17, 15) is 14.4 Å². The Kier molecular flexibility index (Phi) is 3.89. The van der Waals surface area contributed by atoms with Crippen LogP contribution in [-0.4, -0.2) is 42.4 Å². The van der Waals surface area contributed by atoms with E-state index in [1.165, 1.54) is 0 Å². The zero-order valence-electron chi connectivity index (χ0n) is 15.0. The summed E-state index contributed by atoms with van der Waals surface area (Å²) in [6.07, 6.45) is -0.353. The lowest BCUT2D eigenvalue weighted by Gasteiger charge is -2.55. The number of nitrogens with two attached hydrogens (primary N) is 1. The molecular weight excluding hydrogens is 334 g/mol. The van der Waals surface area contributed by atoms with Crippen LogP contribution in [0.4, 0.5) is 5.69 Å². The van der Waals surface area contributed by atoms with Crippen LogP contribution in [0.15, 0.2) is 18.2 Å². The summed E-state index contributed by atoms with van der Waals surface area (Å²) in [6.45, 7) is 4.87. The smallest absolute Gasteiger partial charge is 0.242 e. The maximum atomic E-state index is 13.0. The number of fused-ring (bicyclic) bond motifs is 4. The molecule has 26 heavy (non-hydrogen) atoms. The van der Waals surface area contributed by atoms with Crippen LogP contribution in [-0.2, 0) is 32.1 Å². The first kappa shape index (κ1) is 17.2. The molecular formula is C19H23N3O4. The summed E-state index contributed by atoms with van der Waals surface area (Å²) < 4.78 is 5.99. The van der Waals surface area contributed by atoms with Crippen molar-refractivity contribution >= 4 is 23.3 Å². The molecule has 3 heterocycles. The molecule has 1 spiro atoms. The molecule has 4 atom stereocenters. The number of Topliss-reactive ketones (excluding diaryl/α,β-unsaturated/α-hetero) is 1. The van der Waals surface area contributed by atoms with Gasteiger partial charge in [0.25, 0.3) is 0 Å². The number of ether oxygens (including phenoxy) is 1. The number of hydrogen-bond acceptors (Lipinski definition) is 6. The summed E-state index contributed by atoms with van der Waals surface area (Å²) in [5.74, 6) is -1.36. The molecule has 7 heteroatoms. The molecule has 3 N–H and O–H groups in total. The van der Waals surface area contributed by atoms with Gasteiger partial charge in [-0.15, -0.1) is 0 Å². The summed E-state index contributed by atoms with van der Waals surface area (Å²) in [7, 11) is 0. The van der Waals surface area contributed by atoms with Gasteiger partial charge in [-0.25, -0.2) is 0 Å². The van der Waals surface area contributed by atoms with Gasteiger partial charge in [-0.3, -0.25) is 19.7 Å². The number of hydrogen-bond donors (Lipinski definition) is 2. The number of imide groups is 1. The van der Waals surface area contributed by atoms with Crippen molar-refractivity contribution in [3.63, 3.8) is 0 Å². The second-order valence-corrected chi connectivity index (χ2v) is 7.54. The van der Waals surface area contributed by atoms with Gasteiger partial charge in [0.05, 0.1) is 24.7 Å². The van der Waals surface area contributed by atoms with Gasteiger partial charge in [0.1, 0.15) is 5.41 Å². The molecule has 1 unspecified atom stereocenters. The quantitative estimate of drug-likeness (QED) is 0.553. The molecule has 0 aromatic heterocycles. The molecule has 0 radical (unpaired) electrons. The molecule has 2 fully saturated rings. The Morgan fingerprint density at radius 2 is 2.08 bits per heavy atom. The van der Waals surface area contributed by atoms with Crippen LogP contribution in [0.5, 0.6) is 0 Å². The monoisotopic (exact) mass is 357 g/mol. The first-order valence-corrected chi connectivity index (χ1v) is 8.98. The zero-order valence-corrected chi connectivity index (χ0v) is 15.0. The van der Waals surface area contributed by atoms with Crippen molar-refractivity contribution in [2.45, 2.75) is 51.5 Å². The van der Waals surface area contributed by atoms with E-state index in [-0.39, 0.29) is 30.8 Å². The number of nitrogens with zero attached hydrogens (tertiary/aromatic N) is 1. The third-order valence-electron chi connectivity index (χ3n) is 5.83. The summed E-state index contributed by atoms with van der Waals surface area (Å²) in [5, 5.41) is 2.39. The number of carbonyl (C=O) groups excluding carboxylic acids is 3. The number of anilines is 1. The summed E-state index contributed by atoms with van der Waals surface area (Å²) in [4.78, 5) is 39.8. The van der Waals surface area contributed by atoms with E-state index in [4.69, 9.17) is 10.5 Å². The number of rotatable bonds is 1. The molecule has 1 aromatic carbocycles. The van der Waals surface area contributed by atoms with Crippen LogP contribution in [0.25, 0.3) is 0 Å². The van der Waals surface area contributed by atoms with Gasteiger partial charge in [-0.05, 0) is 37.5 Å². The van der Waals surface area contributed by atoms with E-state index in [1.807, 2.05) is 32.0 Å². The van der Waals surface area contributed by atoms with E-state index in [1.54, 1.807) is 0 Å². The third kappa shape index (κ3) is 2.30. The van der Waals surface area contributed by atoms with Crippen LogP contribution < -0.4 is 16.0 Å². The summed E-state index contributed by atoms with van der Waals surface area (Å²) in [6, 6.07) is 5.46. The maximum Gasteiger partial charge on any atom is 0.242 e. The SMILES string of the molecule is C[C@@H]1CN2c3cc(CN)ccc3CC3(C(=O)CC(=O)NC3=O)[C@H]2[C@H](C)O1. The molecule has 2 amide bonds. The standard InChI is InChI=1S/C19H23N3O4/c1-10-9-22-14-5-12(8-20)3-4-13(14)7-19(17(22)11(2)26-10)15(23)6-16(24)21-18(19)25/h3-5,10-11,17H,6-9,20H2,1-2H3,(H,21,24,25)/t10-,11+,17-,19?/m1/s1. The average Bonchev–Trinajstić information content (AvgIpc) is 2.58. The number of amides is 2. The number of carbonyl (C=O) groups is 3. The van der Waals surface area contributed by atoms with E-state index in [2.05, 4.69) is 10.2 Å². The molecule has 0 bridgehead atoms. The van der Waals surface area contributed by atoms with E-state index in [0.29, 0.717) is 13.1 Å². The largest absolute Gasteiger partial charge is 0.372 e. The topological polar surface area (TPSA) is 102 Å². The normalized spacial score (nSPS) is 33.7. The Morgan fingerprint density at radius 3 is 2.77 bits per heavy atom. The zero-order chi connectivity index (χ0) is 18.6. The van der Waals surface area contributed by atoms with Crippen molar-refractivity contribution in [1.82, 2.24) is 5.32 Å². The fraction of sp³-hybridized carbons (Fsp3) is 0.526. The lowest BCUT2D eigenvalue weighted by atomic mass is 9.63. The second-order valence-electron chi connectivity index (χ2n) is 7.54. The van der Waals surface area contributed by atoms with Crippen molar-refractivity contribution in [1.29, 1.82) is 0 Å². The summed E-state index contributed by atoms with van der Waals surface area (Å²) in [5.41, 5.74) is 7.43. The van der Waals surface area contributed by atoms with Gasteiger partial charge in [-0.1, -0.05) is 12.1 Å². The molecule has 1 aromatic rings. The predicted octanol–water partition coefficient (Wildman–Crippen LogP) is 0.286. The fourth-order valence-corrected chi connectivity index (χ4v) is 4.79. The Balaban J connectivity index is 1.90. The molecule has 2 saturated heterocycles.